The van der Waals surface area contributed by atoms with E-state index in [0.717, 1.165) is 18.5 Å². The smallest absolute Gasteiger partial charge is 0.258 e. The Kier molecular flexibility index (Phi) is 4.17. The fourth-order valence-electron chi connectivity index (χ4n) is 3.13. The van der Waals surface area contributed by atoms with Gasteiger partial charge in [0.1, 0.15) is 5.75 Å². The van der Waals surface area contributed by atoms with Crippen molar-refractivity contribution in [3.8, 4) is 5.75 Å². The van der Waals surface area contributed by atoms with Crippen molar-refractivity contribution in [3.63, 3.8) is 0 Å². The van der Waals surface area contributed by atoms with E-state index in [9.17, 15) is 9.59 Å². The number of carbonyl (C=O) groups is 2. The minimum atomic E-state index is -0.0371. The molecule has 0 unspecified atom stereocenters. The van der Waals surface area contributed by atoms with E-state index in [0.29, 0.717) is 23.6 Å². The summed E-state index contributed by atoms with van der Waals surface area (Å²) >= 11 is 0. The molecule has 3 aliphatic rings. The van der Waals surface area contributed by atoms with Gasteiger partial charge < -0.3 is 15.4 Å². The third-order valence-electron chi connectivity index (χ3n) is 5.03. The minimum absolute atomic E-state index is 0.0371. The highest BCUT2D eigenvalue weighted by atomic mass is 16.5. The molecular weight excluding hydrogens is 304 g/mol. The molecule has 0 aromatic heterocycles. The molecule has 5 nitrogen and oxygen atoms in total. The molecule has 1 aromatic rings. The fraction of sp³-hybridized carbons (Fsp3) is 0.579. The summed E-state index contributed by atoms with van der Waals surface area (Å²) in [6, 6.07) is 7.56. The number of hydrogen-bond acceptors (Lipinski definition) is 3. The van der Waals surface area contributed by atoms with Crippen LogP contribution in [0.15, 0.2) is 24.3 Å². The van der Waals surface area contributed by atoms with Crippen LogP contribution in [-0.2, 0) is 9.59 Å². The molecule has 1 aromatic carbocycles. The van der Waals surface area contributed by atoms with Crippen LogP contribution in [0, 0.1) is 17.8 Å². The first-order valence-corrected chi connectivity index (χ1v) is 9.02. The van der Waals surface area contributed by atoms with Gasteiger partial charge in [0.15, 0.2) is 6.61 Å². The molecule has 0 saturated heterocycles. The van der Waals surface area contributed by atoms with Crippen molar-refractivity contribution in [2.45, 2.75) is 44.6 Å². The molecule has 2 amide bonds. The normalized spacial score (nSPS) is 19.9. The van der Waals surface area contributed by atoms with Crippen LogP contribution in [0.1, 0.15) is 38.5 Å². The maximum Gasteiger partial charge on any atom is 0.258 e. The Labute approximate surface area is 142 Å². The summed E-state index contributed by atoms with van der Waals surface area (Å²) in [4.78, 5) is 23.8. The van der Waals surface area contributed by atoms with Gasteiger partial charge in [-0.3, -0.25) is 9.59 Å². The van der Waals surface area contributed by atoms with Crippen LogP contribution in [0.2, 0.25) is 0 Å². The van der Waals surface area contributed by atoms with Crippen LogP contribution in [0.3, 0.4) is 0 Å². The Morgan fingerprint density at radius 1 is 1.00 bits per heavy atom. The van der Waals surface area contributed by atoms with Crippen LogP contribution < -0.4 is 15.4 Å². The van der Waals surface area contributed by atoms with Gasteiger partial charge in [-0.05, 0) is 74.6 Å². The lowest BCUT2D eigenvalue weighted by Crippen LogP contribution is -2.40. The minimum Gasteiger partial charge on any atom is -0.484 e. The predicted molar refractivity (Wildman–Crippen MR) is 90.7 cm³/mol. The quantitative estimate of drug-likeness (QED) is 0.771. The molecule has 0 aliphatic heterocycles. The molecule has 5 heteroatoms. The average molecular weight is 328 g/mol. The van der Waals surface area contributed by atoms with E-state index < -0.39 is 0 Å². The first kappa shape index (κ1) is 15.5. The van der Waals surface area contributed by atoms with E-state index in [4.69, 9.17) is 4.74 Å². The van der Waals surface area contributed by atoms with Gasteiger partial charge in [0, 0.05) is 17.6 Å². The van der Waals surface area contributed by atoms with E-state index in [2.05, 4.69) is 10.6 Å². The lowest BCUT2D eigenvalue weighted by molar-refractivity contribution is -0.124. The SMILES string of the molecule is O=C(COc1ccc(NC(=O)C2CC2)cc1)NC(C1CC1)C1CC1. The predicted octanol–water partition coefficient (Wildman–Crippen LogP) is 2.72. The molecule has 3 saturated carbocycles. The highest BCUT2D eigenvalue weighted by molar-refractivity contribution is 5.94. The van der Waals surface area contributed by atoms with Gasteiger partial charge in [-0.1, -0.05) is 0 Å². The van der Waals surface area contributed by atoms with Crippen LogP contribution in [-0.4, -0.2) is 24.5 Å². The number of ether oxygens (including phenoxy) is 1. The van der Waals surface area contributed by atoms with Crippen LogP contribution in [0.25, 0.3) is 0 Å². The maximum absolute atomic E-state index is 12.1. The van der Waals surface area contributed by atoms with Crippen molar-refractivity contribution in [1.82, 2.24) is 5.32 Å². The molecule has 0 radical (unpaired) electrons. The van der Waals surface area contributed by atoms with Crippen molar-refractivity contribution in [1.29, 1.82) is 0 Å². The standard InChI is InChI=1S/C19H24N2O3/c22-17(21-18(12-1-2-12)13-3-4-13)11-24-16-9-7-15(8-10-16)20-19(23)14-5-6-14/h7-10,12-14,18H,1-6,11H2,(H,20,23)(H,21,22). The molecular formula is C19H24N2O3. The fourth-order valence-corrected chi connectivity index (χ4v) is 3.13. The Hall–Kier alpha value is -2.04. The third kappa shape index (κ3) is 4.08. The summed E-state index contributed by atoms with van der Waals surface area (Å²) in [7, 11) is 0. The summed E-state index contributed by atoms with van der Waals surface area (Å²) in [5.74, 6) is 2.27. The number of hydrogen-bond donors (Lipinski definition) is 2. The second-order valence-electron chi connectivity index (χ2n) is 7.34. The molecule has 2 N–H and O–H groups in total. The maximum atomic E-state index is 12.1. The van der Waals surface area contributed by atoms with Gasteiger partial charge in [-0.2, -0.15) is 0 Å². The molecule has 0 heterocycles. The molecule has 4 rings (SSSR count). The van der Waals surface area contributed by atoms with Gasteiger partial charge in [0.25, 0.3) is 5.91 Å². The Bertz CT molecular complexity index is 604. The zero-order valence-corrected chi connectivity index (χ0v) is 13.8. The highest BCUT2D eigenvalue weighted by Gasteiger charge is 2.42. The zero-order valence-electron chi connectivity index (χ0n) is 13.8. The van der Waals surface area contributed by atoms with E-state index in [1.54, 1.807) is 12.1 Å². The largest absolute Gasteiger partial charge is 0.484 e. The van der Waals surface area contributed by atoms with E-state index in [-0.39, 0.29) is 24.3 Å². The summed E-state index contributed by atoms with van der Waals surface area (Å²) in [6.07, 6.45) is 6.97. The summed E-state index contributed by atoms with van der Waals surface area (Å²) in [5, 5.41) is 6.03. The van der Waals surface area contributed by atoms with Crippen molar-refractivity contribution < 1.29 is 14.3 Å². The summed E-state index contributed by atoms with van der Waals surface area (Å²) in [5.41, 5.74) is 0.770. The lowest BCUT2D eigenvalue weighted by atomic mass is 10.1. The van der Waals surface area contributed by atoms with Crippen LogP contribution >= 0.6 is 0 Å². The monoisotopic (exact) mass is 328 g/mol. The molecule has 3 fully saturated rings. The Morgan fingerprint density at radius 2 is 1.62 bits per heavy atom. The number of benzene rings is 1. The molecule has 3 aliphatic carbocycles. The average Bonchev–Trinajstić information content (AvgIpc) is 3.43. The van der Waals surface area contributed by atoms with Gasteiger partial charge in [-0.25, -0.2) is 0 Å². The van der Waals surface area contributed by atoms with Crippen molar-refractivity contribution >= 4 is 17.5 Å². The van der Waals surface area contributed by atoms with Gasteiger partial charge in [0.05, 0.1) is 0 Å². The number of carbonyl (C=O) groups excluding carboxylic acids is 2. The van der Waals surface area contributed by atoms with Gasteiger partial charge in [-0.15, -0.1) is 0 Å². The number of anilines is 1. The van der Waals surface area contributed by atoms with E-state index >= 15 is 0 Å². The van der Waals surface area contributed by atoms with E-state index in [1.807, 2.05) is 12.1 Å². The first-order valence-electron chi connectivity index (χ1n) is 9.02. The molecule has 128 valence electrons. The molecule has 0 bridgehead atoms. The Balaban J connectivity index is 1.23. The number of rotatable bonds is 8. The van der Waals surface area contributed by atoms with Crippen molar-refractivity contribution in [2.75, 3.05) is 11.9 Å². The molecule has 0 atom stereocenters. The van der Waals surface area contributed by atoms with Crippen LogP contribution in [0.4, 0.5) is 5.69 Å². The molecule has 24 heavy (non-hydrogen) atoms. The summed E-state index contributed by atoms with van der Waals surface area (Å²) < 4.78 is 5.56. The number of amides is 2. The van der Waals surface area contributed by atoms with Crippen LogP contribution in [0.5, 0.6) is 5.75 Å². The Morgan fingerprint density at radius 3 is 2.17 bits per heavy atom. The topological polar surface area (TPSA) is 67.4 Å². The van der Waals surface area contributed by atoms with Gasteiger partial charge in [0.2, 0.25) is 5.91 Å². The third-order valence-corrected chi connectivity index (χ3v) is 5.03. The first-order chi connectivity index (χ1) is 11.7. The summed E-state index contributed by atoms with van der Waals surface area (Å²) in [6.45, 7) is 0.0454. The molecule has 0 spiro atoms. The lowest BCUT2D eigenvalue weighted by Gasteiger charge is -2.17. The van der Waals surface area contributed by atoms with Crippen molar-refractivity contribution in [3.05, 3.63) is 24.3 Å². The van der Waals surface area contributed by atoms with E-state index in [1.165, 1.54) is 25.7 Å². The van der Waals surface area contributed by atoms with Crippen molar-refractivity contribution in [2.24, 2.45) is 17.8 Å². The second kappa shape index (κ2) is 6.46. The number of nitrogens with one attached hydrogen (secondary N) is 2. The highest BCUT2D eigenvalue weighted by Crippen LogP contribution is 2.44. The zero-order chi connectivity index (χ0) is 16.5. The van der Waals surface area contributed by atoms with Gasteiger partial charge >= 0.3 is 0 Å². The second-order valence-corrected chi connectivity index (χ2v) is 7.34.